The maximum Gasteiger partial charge on any atom is 0.260 e. The number of carbonyl (C=O) groups is 1. The van der Waals surface area contributed by atoms with E-state index in [1.165, 1.54) is 13.3 Å². The third-order valence-corrected chi connectivity index (χ3v) is 5.72. The number of benzene rings is 3. The highest BCUT2D eigenvalue weighted by Crippen LogP contribution is 2.36. The van der Waals surface area contributed by atoms with Crippen molar-refractivity contribution < 1.29 is 14.3 Å². The van der Waals surface area contributed by atoms with E-state index in [1.54, 1.807) is 24.3 Å². The number of halogens is 1. The van der Waals surface area contributed by atoms with Crippen LogP contribution in [-0.4, -0.2) is 30.4 Å². The molecule has 34 heavy (non-hydrogen) atoms. The number of carbonyl (C=O) groups excluding carboxylic acids is 1. The topological polar surface area (TPSA) is 81.9 Å². The Balaban J connectivity index is 1.57. The molecular weight excluding hydrogens is 498 g/mol. The standard InChI is InChI=1S/C26H20BrN3O4/c1-3-12-34-26-20(27)13-17(14-23(26)33-2)15-28-29-24(31)16-30-21-10-6-4-8-18(21)25(32)19-9-5-7-11-22(19)30/h1,4-11,13-15H,12,16H2,2H3,(H,29,31)/b28-15-. The van der Waals surface area contributed by atoms with Gasteiger partial charge in [-0.3, -0.25) is 9.59 Å². The first-order valence-electron chi connectivity index (χ1n) is 10.3. The fourth-order valence-electron chi connectivity index (χ4n) is 3.67. The van der Waals surface area contributed by atoms with Crippen molar-refractivity contribution in [2.75, 3.05) is 13.7 Å². The highest BCUT2D eigenvalue weighted by atomic mass is 79.9. The Labute approximate surface area is 204 Å². The van der Waals surface area contributed by atoms with Gasteiger partial charge in [0.2, 0.25) is 0 Å². The summed E-state index contributed by atoms with van der Waals surface area (Å²) < 4.78 is 13.3. The highest BCUT2D eigenvalue weighted by molar-refractivity contribution is 9.10. The van der Waals surface area contributed by atoms with Crippen LogP contribution in [0.4, 0.5) is 0 Å². The Hall–Kier alpha value is -4.09. The number of nitrogens with zero attached hydrogens (tertiary/aromatic N) is 2. The lowest BCUT2D eigenvalue weighted by Gasteiger charge is -2.14. The third-order valence-electron chi connectivity index (χ3n) is 5.14. The molecule has 7 nitrogen and oxygen atoms in total. The van der Waals surface area contributed by atoms with Gasteiger partial charge >= 0.3 is 0 Å². The largest absolute Gasteiger partial charge is 0.493 e. The number of methoxy groups -OCH3 is 1. The number of nitrogens with one attached hydrogen (secondary N) is 1. The Morgan fingerprint density at radius 2 is 1.79 bits per heavy atom. The van der Waals surface area contributed by atoms with Gasteiger partial charge in [0.25, 0.3) is 5.91 Å². The molecule has 0 atom stereocenters. The van der Waals surface area contributed by atoms with E-state index in [2.05, 4.69) is 32.4 Å². The minimum absolute atomic E-state index is 0.00940. The second kappa shape index (κ2) is 10.2. The number of pyridine rings is 1. The van der Waals surface area contributed by atoms with Crippen molar-refractivity contribution >= 4 is 49.9 Å². The van der Waals surface area contributed by atoms with Gasteiger partial charge in [0, 0.05) is 10.8 Å². The number of fused-ring (bicyclic) bond motifs is 2. The Kier molecular flexibility index (Phi) is 6.95. The van der Waals surface area contributed by atoms with E-state index in [4.69, 9.17) is 15.9 Å². The van der Waals surface area contributed by atoms with Crippen LogP contribution in [-0.2, 0) is 11.3 Å². The van der Waals surface area contributed by atoms with Gasteiger partial charge in [-0.25, -0.2) is 5.43 Å². The van der Waals surface area contributed by atoms with Gasteiger partial charge in [-0.15, -0.1) is 6.42 Å². The van der Waals surface area contributed by atoms with Gasteiger partial charge in [-0.2, -0.15) is 5.10 Å². The zero-order chi connectivity index (χ0) is 24.1. The first kappa shape index (κ1) is 23.1. The van der Waals surface area contributed by atoms with Crippen LogP contribution >= 0.6 is 15.9 Å². The molecule has 8 heteroatoms. The van der Waals surface area contributed by atoms with Gasteiger partial charge in [-0.1, -0.05) is 30.2 Å². The normalized spacial score (nSPS) is 11.0. The monoisotopic (exact) mass is 517 g/mol. The number of rotatable bonds is 7. The summed E-state index contributed by atoms with van der Waals surface area (Å²) in [6, 6.07) is 18.0. The number of para-hydroxylation sites is 2. The van der Waals surface area contributed by atoms with E-state index >= 15 is 0 Å². The lowest BCUT2D eigenvalue weighted by molar-refractivity contribution is -0.121. The molecule has 170 valence electrons. The molecule has 0 saturated carbocycles. The summed E-state index contributed by atoms with van der Waals surface area (Å²) in [7, 11) is 1.52. The predicted octanol–water partition coefficient (Wildman–Crippen LogP) is 4.09. The zero-order valence-corrected chi connectivity index (χ0v) is 19.8. The lowest BCUT2D eigenvalue weighted by atomic mass is 10.1. The van der Waals surface area contributed by atoms with Crippen LogP contribution in [0.15, 0.2) is 75.0 Å². The maximum absolute atomic E-state index is 12.8. The summed E-state index contributed by atoms with van der Waals surface area (Å²) in [6.07, 6.45) is 6.75. The summed E-state index contributed by atoms with van der Waals surface area (Å²) in [5.74, 6) is 3.03. The first-order chi connectivity index (χ1) is 16.5. The zero-order valence-electron chi connectivity index (χ0n) is 18.2. The van der Waals surface area contributed by atoms with Gasteiger partial charge < -0.3 is 14.0 Å². The molecule has 1 amide bonds. The molecule has 4 rings (SSSR count). The van der Waals surface area contributed by atoms with Crippen molar-refractivity contribution in [3.05, 3.63) is 80.9 Å². The molecule has 1 heterocycles. The van der Waals surface area contributed by atoms with Crippen molar-refractivity contribution in [3.8, 4) is 23.8 Å². The van der Waals surface area contributed by atoms with E-state index in [1.807, 2.05) is 41.0 Å². The van der Waals surface area contributed by atoms with Gasteiger partial charge in [-0.05, 0) is 57.9 Å². The van der Waals surface area contributed by atoms with E-state index in [9.17, 15) is 9.59 Å². The lowest BCUT2D eigenvalue weighted by Crippen LogP contribution is -2.25. The fraction of sp³-hybridized carbons (Fsp3) is 0.115. The number of ether oxygens (including phenoxy) is 2. The first-order valence-corrected chi connectivity index (χ1v) is 11.1. The van der Waals surface area contributed by atoms with E-state index in [0.29, 0.717) is 43.3 Å². The number of aromatic nitrogens is 1. The molecule has 1 N–H and O–H groups in total. The number of amides is 1. The van der Waals surface area contributed by atoms with Crippen LogP contribution in [0.1, 0.15) is 5.56 Å². The summed E-state index contributed by atoms with van der Waals surface area (Å²) >= 11 is 3.43. The predicted molar refractivity (Wildman–Crippen MR) is 136 cm³/mol. The van der Waals surface area contributed by atoms with Crippen LogP contribution in [0.25, 0.3) is 21.8 Å². The van der Waals surface area contributed by atoms with Gasteiger partial charge in [0.1, 0.15) is 13.2 Å². The minimum atomic E-state index is -0.338. The van der Waals surface area contributed by atoms with E-state index in [0.717, 1.165) is 0 Å². The van der Waals surface area contributed by atoms with Gasteiger partial charge in [0.05, 0.1) is 28.8 Å². The summed E-state index contributed by atoms with van der Waals surface area (Å²) in [5, 5.41) is 5.19. The summed E-state index contributed by atoms with van der Waals surface area (Å²) in [5.41, 5.74) is 4.53. The van der Waals surface area contributed by atoms with E-state index < -0.39 is 0 Å². The molecule has 0 aliphatic heterocycles. The highest BCUT2D eigenvalue weighted by Gasteiger charge is 2.13. The maximum atomic E-state index is 12.8. The molecule has 4 aromatic rings. The number of terminal acetylenes is 1. The van der Waals surface area contributed by atoms with Crippen molar-refractivity contribution in [2.24, 2.45) is 5.10 Å². The van der Waals surface area contributed by atoms with Crippen molar-refractivity contribution in [2.45, 2.75) is 6.54 Å². The SMILES string of the molecule is C#CCOc1c(Br)cc(/C=N\NC(=O)Cn2c3ccccc3c(=O)c3ccccc32)cc1OC. The number of hydrazone groups is 1. The average Bonchev–Trinajstić information content (AvgIpc) is 2.85. The Morgan fingerprint density at radius 1 is 1.15 bits per heavy atom. The van der Waals surface area contributed by atoms with Crippen molar-refractivity contribution in [3.63, 3.8) is 0 Å². The average molecular weight is 518 g/mol. The Bertz CT molecular complexity index is 1460. The molecule has 0 aliphatic rings. The van der Waals surface area contributed by atoms with Crippen LogP contribution in [0.3, 0.4) is 0 Å². The summed E-state index contributed by atoms with van der Waals surface area (Å²) in [4.78, 5) is 25.6. The molecular formula is C26H20BrN3O4. The molecule has 0 unspecified atom stereocenters. The van der Waals surface area contributed by atoms with Crippen LogP contribution < -0.4 is 20.3 Å². The van der Waals surface area contributed by atoms with Gasteiger partial charge in [0.15, 0.2) is 16.9 Å². The van der Waals surface area contributed by atoms with E-state index in [-0.39, 0.29) is 24.5 Å². The number of hydrogen-bond donors (Lipinski definition) is 1. The molecule has 0 fully saturated rings. The molecule has 1 aromatic heterocycles. The minimum Gasteiger partial charge on any atom is -0.493 e. The van der Waals surface area contributed by atoms with Crippen molar-refractivity contribution in [1.82, 2.24) is 9.99 Å². The molecule has 0 aliphatic carbocycles. The second-order valence-electron chi connectivity index (χ2n) is 7.27. The molecule has 0 bridgehead atoms. The summed E-state index contributed by atoms with van der Waals surface area (Å²) in [6.45, 7) is 0.0946. The van der Waals surface area contributed by atoms with Crippen LogP contribution in [0.5, 0.6) is 11.5 Å². The third kappa shape index (κ3) is 4.65. The van der Waals surface area contributed by atoms with Crippen LogP contribution in [0.2, 0.25) is 0 Å². The second-order valence-corrected chi connectivity index (χ2v) is 8.12. The smallest absolute Gasteiger partial charge is 0.260 e. The van der Waals surface area contributed by atoms with Crippen LogP contribution in [0, 0.1) is 12.3 Å². The van der Waals surface area contributed by atoms with Crippen molar-refractivity contribution in [1.29, 1.82) is 0 Å². The number of hydrogen-bond acceptors (Lipinski definition) is 5. The molecule has 0 saturated heterocycles. The quantitative estimate of drug-likeness (QED) is 0.173. The molecule has 0 spiro atoms. The molecule has 3 aromatic carbocycles. The Morgan fingerprint density at radius 3 is 2.41 bits per heavy atom. The molecule has 0 radical (unpaired) electrons. The fourth-order valence-corrected chi connectivity index (χ4v) is 4.25.